The summed E-state index contributed by atoms with van der Waals surface area (Å²) in [5.74, 6) is -1.75. The van der Waals surface area contributed by atoms with E-state index in [1.54, 1.807) is 0 Å². The first kappa shape index (κ1) is 15.6. The van der Waals surface area contributed by atoms with Crippen molar-refractivity contribution in [2.24, 2.45) is 11.3 Å². The summed E-state index contributed by atoms with van der Waals surface area (Å²) in [5, 5.41) is 12.1. The Morgan fingerprint density at radius 2 is 2.05 bits per heavy atom. The van der Waals surface area contributed by atoms with E-state index in [0.717, 1.165) is 0 Å². The maximum atomic E-state index is 11.7. The standard InChI is InChI=1S/C13H21NO5/c1-8(15)13(2)5-4-9(6-10(16)19-3)11(12(17)18)14-7-13/h9,11,14H,4-7H2,1-3H3,(H,17,18)/t9-,11?,13+/m0/s1. The summed E-state index contributed by atoms with van der Waals surface area (Å²) in [6.45, 7) is 3.65. The lowest BCUT2D eigenvalue weighted by molar-refractivity contribution is -0.144. The van der Waals surface area contributed by atoms with Crippen molar-refractivity contribution in [3.8, 4) is 0 Å². The number of hydrogen-bond acceptors (Lipinski definition) is 5. The molecule has 0 spiro atoms. The Labute approximate surface area is 112 Å². The van der Waals surface area contributed by atoms with Gasteiger partial charge in [0.25, 0.3) is 0 Å². The summed E-state index contributed by atoms with van der Waals surface area (Å²) in [6.07, 6.45) is 1.13. The molecule has 0 radical (unpaired) electrons. The molecule has 1 rings (SSSR count). The molecular weight excluding hydrogens is 250 g/mol. The SMILES string of the molecule is COC(=O)C[C@@H]1CC[C@@](C)(C(C)=O)CNC1C(=O)O. The summed E-state index contributed by atoms with van der Waals surface area (Å²) < 4.78 is 4.59. The molecule has 0 aromatic heterocycles. The molecule has 0 amide bonds. The molecule has 108 valence electrons. The number of rotatable bonds is 4. The van der Waals surface area contributed by atoms with E-state index < -0.39 is 23.4 Å². The molecule has 1 fully saturated rings. The van der Waals surface area contributed by atoms with Crippen molar-refractivity contribution in [2.75, 3.05) is 13.7 Å². The van der Waals surface area contributed by atoms with Crippen molar-refractivity contribution in [1.29, 1.82) is 0 Å². The number of methoxy groups -OCH3 is 1. The van der Waals surface area contributed by atoms with Crippen LogP contribution in [0.5, 0.6) is 0 Å². The summed E-state index contributed by atoms with van der Waals surface area (Å²) in [4.78, 5) is 34.3. The second-order valence-corrected chi connectivity index (χ2v) is 5.39. The van der Waals surface area contributed by atoms with Gasteiger partial charge >= 0.3 is 11.9 Å². The third-order valence-corrected chi connectivity index (χ3v) is 4.02. The van der Waals surface area contributed by atoms with Gasteiger partial charge in [-0.1, -0.05) is 6.92 Å². The summed E-state index contributed by atoms with van der Waals surface area (Å²) in [6, 6.07) is -0.819. The van der Waals surface area contributed by atoms with Crippen LogP contribution in [0, 0.1) is 11.3 Å². The van der Waals surface area contributed by atoms with Crippen LogP contribution in [0.15, 0.2) is 0 Å². The molecule has 2 N–H and O–H groups in total. The minimum Gasteiger partial charge on any atom is -0.480 e. The van der Waals surface area contributed by atoms with E-state index >= 15 is 0 Å². The molecular formula is C13H21NO5. The number of carbonyl (C=O) groups is 3. The smallest absolute Gasteiger partial charge is 0.320 e. The molecule has 3 atom stereocenters. The summed E-state index contributed by atoms with van der Waals surface area (Å²) >= 11 is 0. The van der Waals surface area contributed by atoms with Crippen LogP contribution in [0.25, 0.3) is 0 Å². The predicted octanol–water partition coefficient (Wildman–Crippen LogP) is 0.598. The lowest BCUT2D eigenvalue weighted by atomic mass is 9.80. The zero-order chi connectivity index (χ0) is 14.6. The molecule has 1 saturated heterocycles. The molecule has 0 aromatic rings. The lowest BCUT2D eigenvalue weighted by Gasteiger charge is -2.24. The van der Waals surface area contributed by atoms with Crippen molar-refractivity contribution in [2.45, 2.75) is 39.2 Å². The number of hydrogen-bond donors (Lipinski definition) is 2. The molecule has 6 heteroatoms. The molecule has 0 aromatic carbocycles. The highest BCUT2D eigenvalue weighted by atomic mass is 16.5. The first-order valence-electron chi connectivity index (χ1n) is 6.34. The molecule has 1 unspecified atom stereocenters. The van der Waals surface area contributed by atoms with Crippen LogP contribution in [-0.2, 0) is 19.1 Å². The average Bonchev–Trinajstić information content (AvgIpc) is 2.50. The number of carboxylic acid groups (broad SMARTS) is 1. The highest BCUT2D eigenvalue weighted by Crippen LogP contribution is 2.32. The largest absolute Gasteiger partial charge is 0.480 e. The number of carbonyl (C=O) groups excluding carboxylic acids is 2. The molecule has 0 saturated carbocycles. The van der Waals surface area contributed by atoms with Crippen LogP contribution < -0.4 is 5.32 Å². The van der Waals surface area contributed by atoms with E-state index in [2.05, 4.69) is 10.1 Å². The Hall–Kier alpha value is -1.43. The number of carboxylic acids is 1. The number of nitrogens with one attached hydrogen (secondary N) is 1. The van der Waals surface area contributed by atoms with Crippen molar-refractivity contribution in [3.63, 3.8) is 0 Å². The Bertz CT molecular complexity index is 381. The van der Waals surface area contributed by atoms with Gasteiger partial charge in [-0.25, -0.2) is 0 Å². The maximum Gasteiger partial charge on any atom is 0.320 e. The molecule has 1 aliphatic rings. The minimum absolute atomic E-state index is 0.0304. The molecule has 6 nitrogen and oxygen atoms in total. The van der Waals surface area contributed by atoms with Gasteiger partial charge < -0.3 is 15.2 Å². The van der Waals surface area contributed by atoms with E-state index in [4.69, 9.17) is 0 Å². The highest BCUT2D eigenvalue weighted by Gasteiger charge is 2.39. The topological polar surface area (TPSA) is 92.7 Å². The Morgan fingerprint density at radius 3 is 2.53 bits per heavy atom. The minimum atomic E-state index is -0.998. The second kappa shape index (κ2) is 6.14. The molecule has 1 aliphatic heterocycles. The Kier molecular flexibility index (Phi) is 5.05. The number of ketones is 1. The van der Waals surface area contributed by atoms with E-state index in [-0.39, 0.29) is 18.1 Å². The van der Waals surface area contributed by atoms with Gasteiger partial charge in [-0.2, -0.15) is 0 Å². The van der Waals surface area contributed by atoms with Crippen LogP contribution >= 0.6 is 0 Å². The third-order valence-electron chi connectivity index (χ3n) is 4.02. The third kappa shape index (κ3) is 3.76. The van der Waals surface area contributed by atoms with Crippen molar-refractivity contribution < 1.29 is 24.2 Å². The second-order valence-electron chi connectivity index (χ2n) is 5.39. The van der Waals surface area contributed by atoms with Gasteiger partial charge in [0.15, 0.2) is 0 Å². The van der Waals surface area contributed by atoms with Gasteiger partial charge in [0, 0.05) is 12.0 Å². The van der Waals surface area contributed by atoms with Crippen LogP contribution in [0.3, 0.4) is 0 Å². The van der Waals surface area contributed by atoms with E-state index in [1.807, 2.05) is 6.92 Å². The molecule has 19 heavy (non-hydrogen) atoms. The van der Waals surface area contributed by atoms with Crippen molar-refractivity contribution in [1.82, 2.24) is 5.32 Å². The quantitative estimate of drug-likeness (QED) is 0.727. The van der Waals surface area contributed by atoms with Crippen LogP contribution in [0.2, 0.25) is 0 Å². The summed E-state index contributed by atoms with van der Waals surface area (Å²) in [7, 11) is 1.28. The number of ether oxygens (including phenoxy) is 1. The van der Waals surface area contributed by atoms with Gasteiger partial charge in [-0.05, 0) is 25.7 Å². The van der Waals surface area contributed by atoms with Crippen LogP contribution in [0.4, 0.5) is 0 Å². The van der Waals surface area contributed by atoms with Gasteiger partial charge in [-0.15, -0.1) is 0 Å². The molecule has 1 heterocycles. The Morgan fingerprint density at radius 1 is 1.42 bits per heavy atom. The van der Waals surface area contributed by atoms with Gasteiger partial charge in [0.1, 0.15) is 11.8 Å². The van der Waals surface area contributed by atoms with Gasteiger partial charge in [0.2, 0.25) is 0 Å². The monoisotopic (exact) mass is 271 g/mol. The maximum absolute atomic E-state index is 11.7. The van der Waals surface area contributed by atoms with Crippen LogP contribution in [-0.4, -0.2) is 42.5 Å². The average molecular weight is 271 g/mol. The fourth-order valence-electron chi connectivity index (χ4n) is 2.37. The number of aliphatic carboxylic acids is 1. The molecule has 0 aliphatic carbocycles. The van der Waals surface area contributed by atoms with Gasteiger partial charge in [-0.3, -0.25) is 14.4 Å². The fraction of sp³-hybridized carbons (Fsp3) is 0.769. The first-order valence-corrected chi connectivity index (χ1v) is 6.34. The zero-order valence-corrected chi connectivity index (χ0v) is 11.6. The highest BCUT2D eigenvalue weighted by molar-refractivity contribution is 5.83. The zero-order valence-electron chi connectivity index (χ0n) is 11.6. The van der Waals surface area contributed by atoms with Crippen molar-refractivity contribution >= 4 is 17.7 Å². The first-order chi connectivity index (χ1) is 8.80. The van der Waals surface area contributed by atoms with E-state index in [0.29, 0.717) is 19.4 Å². The van der Waals surface area contributed by atoms with Gasteiger partial charge in [0.05, 0.1) is 13.5 Å². The lowest BCUT2D eigenvalue weighted by Crippen LogP contribution is -2.45. The normalized spacial score (nSPS) is 31.3. The molecule has 0 bridgehead atoms. The Balaban J connectivity index is 2.86. The van der Waals surface area contributed by atoms with E-state index in [9.17, 15) is 19.5 Å². The van der Waals surface area contributed by atoms with E-state index in [1.165, 1.54) is 14.0 Å². The number of Topliss-reactive ketones (excluding diaryl/α,β-unsaturated/α-hetero) is 1. The fourth-order valence-corrected chi connectivity index (χ4v) is 2.37. The number of esters is 1. The van der Waals surface area contributed by atoms with Crippen molar-refractivity contribution in [3.05, 3.63) is 0 Å². The predicted molar refractivity (Wildman–Crippen MR) is 67.6 cm³/mol. The summed E-state index contributed by atoms with van der Waals surface area (Å²) in [5.41, 5.74) is -0.571. The van der Waals surface area contributed by atoms with Crippen LogP contribution in [0.1, 0.15) is 33.1 Å².